The van der Waals surface area contributed by atoms with Gasteiger partial charge in [-0.25, -0.2) is 0 Å². The molecule has 2 N–H and O–H groups in total. The predicted octanol–water partition coefficient (Wildman–Crippen LogP) is 2.12. The van der Waals surface area contributed by atoms with Gasteiger partial charge < -0.3 is 15.2 Å². The van der Waals surface area contributed by atoms with Gasteiger partial charge in [0.25, 0.3) is 0 Å². The Kier molecular flexibility index (Phi) is 4.87. The Morgan fingerprint density at radius 3 is 2.74 bits per heavy atom. The zero-order valence-electron chi connectivity index (χ0n) is 12.6. The SMILES string of the molecule is C[C@H](NC(=O)CNc1cccc(C(F)(F)F)c1)c1nncn1C. The molecule has 0 bridgehead atoms. The summed E-state index contributed by atoms with van der Waals surface area (Å²) in [5.74, 6) is 0.218. The highest BCUT2D eigenvalue weighted by molar-refractivity contribution is 5.81. The maximum atomic E-state index is 12.6. The number of aromatic nitrogens is 3. The van der Waals surface area contributed by atoms with Crippen LogP contribution in [0.2, 0.25) is 0 Å². The highest BCUT2D eigenvalue weighted by Crippen LogP contribution is 2.30. The van der Waals surface area contributed by atoms with Gasteiger partial charge in [-0.05, 0) is 25.1 Å². The molecule has 1 aromatic carbocycles. The molecular formula is C14H16F3N5O. The molecule has 0 fully saturated rings. The van der Waals surface area contributed by atoms with Crippen LogP contribution < -0.4 is 10.6 Å². The molecule has 1 aromatic heterocycles. The van der Waals surface area contributed by atoms with Crippen molar-refractivity contribution < 1.29 is 18.0 Å². The summed E-state index contributed by atoms with van der Waals surface area (Å²) in [6.45, 7) is 1.59. The number of amides is 1. The first-order chi connectivity index (χ1) is 10.8. The molecule has 0 saturated carbocycles. The quantitative estimate of drug-likeness (QED) is 0.882. The van der Waals surface area contributed by atoms with Gasteiger partial charge in [0, 0.05) is 12.7 Å². The summed E-state index contributed by atoms with van der Waals surface area (Å²) in [5.41, 5.74) is -0.545. The summed E-state index contributed by atoms with van der Waals surface area (Å²) in [6.07, 6.45) is -2.90. The molecule has 9 heteroatoms. The summed E-state index contributed by atoms with van der Waals surface area (Å²) >= 11 is 0. The van der Waals surface area contributed by atoms with Crippen LogP contribution in [0, 0.1) is 0 Å². The first-order valence-electron chi connectivity index (χ1n) is 6.82. The van der Waals surface area contributed by atoms with Gasteiger partial charge in [-0.3, -0.25) is 4.79 Å². The topological polar surface area (TPSA) is 71.8 Å². The van der Waals surface area contributed by atoms with Crippen LogP contribution in [0.4, 0.5) is 18.9 Å². The second kappa shape index (κ2) is 6.67. The molecule has 2 aromatic rings. The molecule has 0 unspecified atom stereocenters. The van der Waals surface area contributed by atoms with E-state index in [1.54, 1.807) is 18.5 Å². The van der Waals surface area contributed by atoms with Crippen LogP contribution in [0.3, 0.4) is 0 Å². The lowest BCUT2D eigenvalue weighted by atomic mass is 10.2. The molecule has 0 saturated heterocycles. The average Bonchev–Trinajstić information content (AvgIpc) is 2.91. The van der Waals surface area contributed by atoms with E-state index in [4.69, 9.17) is 0 Å². The fraction of sp³-hybridized carbons (Fsp3) is 0.357. The van der Waals surface area contributed by atoms with E-state index in [9.17, 15) is 18.0 Å². The molecule has 2 rings (SSSR count). The van der Waals surface area contributed by atoms with E-state index >= 15 is 0 Å². The minimum Gasteiger partial charge on any atom is -0.376 e. The number of carbonyl (C=O) groups excluding carboxylic acids is 1. The number of alkyl halides is 3. The average molecular weight is 327 g/mol. The van der Waals surface area contributed by atoms with Crippen molar-refractivity contribution in [1.82, 2.24) is 20.1 Å². The van der Waals surface area contributed by atoms with Crippen molar-refractivity contribution in [1.29, 1.82) is 0 Å². The second-order valence-electron chi connectivity index (χ2n) is 5.02. The van der Waals surface area contributed by atoms with Gasteiger partial charge in [0.05, 0.1) is 18.2 Å². The molecule has 0 spiro atoms. The molecule has 1 atom stereocenters. The van der Waals surface area contributed by atoms with E-state index in [0.717, 1.165) is 12.1 Å². The molecule has 124 valence electrons. The monoisotopic (exact) mass is 327 g/mol. The van der Waals surface area contributed by atoms with Gasteiger partial charge in [-0.1, -0.05) is 6.07 Å². The van der Waals surface area contributed by atoms with Crippen molar-refractivity contribution in [2.24, 2.45) is 7.05 Å². The zero-order chi connectivity index (χ0) is 17.0. The smallest absolute Gasteiger partial charge is 0.376 e. The minimum atomic E-state index is -4.42. The van der Waals surface area contributed by atoms with Crippen molar-refractivity contribution in [3.05, 3.63) is 42.0 Å². The van der Waals surface area contributed by atoms with Crippen LogP contribution in [-0.4, -0.2) is 27.2 Å². The number of halogens is 3. The molecule has 0 radical (unpaired) electrons. The molecule has 6 nitrogen and oxygen atoms in total. The van der Waals surface area contributed by atoms with Crippen LogP contribution in [0.15, 0.2) is 30.6 Å². The van der Waals surface area contributed by atoms with Crippen molar-refractivity contribution in [3.8, 4) is 0 Å². The maximum Gasteiger partial charge on any atom is 0.416 e. The molecule has 0 aliphatic heterocycles. The largest absolute Gasteiger partial charge is 0.416 e. The van der Waals surface area contributed by atoms with E-state index in [1.807, 2.05) is 0 Å². The van der Waals surface area contributed by atoms with Crippen molar-refractivity contribution in [2.75, 3.05) is 11.9 Å². The van der Waals surface area contributed by atoms with Crippen LogP contribution in [0.1, 0.15) is 24.4 Å². The highest BCUT2D eigenvalue weighted by Gasteiger charge is 2.30. The molecule has 0 aliphatic rings. The number of benzene rings is 1. The number of carbonyl (C=O) groups is 1. The Bertz CT molecular complexity index is 683. The Labute approximate surface area is 130 Å². The molecule has 23 heavy (non-hydrogen) atoms. The van der Waals surface area contributed by atoms with Crippen molar-refractivity contribution >= 4 is 11.6 Å². The van der Waals surface area contributed by atoms with E-state index in [2.05, 4.69) is 20.8 Å². The molecule has 1 heterocycles. The van der Waals surface area contributed by atoms with Gasteiger partial charge in [0.1, 0.15) is 6.33 Å². The third kappa shape index (κ3) is 4.44. The van der Waals surface area contributed by atoms with E-state index in [1.165, 1.54) is 18.5 Å². The summed E-state index contributed by atoms with van der Waals surface area (Å²) in [6, 6.07) is 4.32. The molecule has 1 amide bonds. The van der Waals surface area contributed by atoms with Crippen LogP contribution >= 0.6 is 0 Å². The lowest BCUT2D eigenvalue weighted by Crippen LogP contribution is -2.33. The van der Waals surface area contributed by atoms with E-state index < -0.39 is 11.7 Å². The third-order valence-electron chi connectivity index (χ3n) is 3.15. The third-order valence-corrected chi connectivity index (χ3v) is 3.15. The number of anilines is 1. The lowest BCUT2D eigenvalue weighted by Gasteiger charge is -2.14. The van der Waals surface area contributed by atoms with Gasteiger partial charge in [0.15, 0.2) is 5.82 Å². The summed E-state index contributed by atoms with van der Waals surface area (Å²) < 4.78 is 39.5. The Morgan fingerprint density at radius 2 is 2.13 bits per heavy atom. The predicted molar refractivity (Wildman–Crippen MR) is 77.5 cm³/mol. The number of nitrogens with one attached hydrogen (secondary N) is 2. The highest BCUT2D eigenvalue weighted by atomic mass is 19.4. The van der Waals surface area contributed by atoms with Crippen LogP contribution in [-0.2, 0) is 18.0 Å². The standard InChI is InChI=1S/C14H16F3N5O/c1-9(13-21-19-8-22(13)2)20-12(23)7-18-11-5-3-4-10(6-11)14(15,16)17/h3-6,8-9,18H,7H2,1-2H3,(H,20,23)/t9-/m0/s1. The molecular weight excluding hydrogens is 311 g/mol. The van der Waals surface area contributed by atoms with Gasteiger partial charge >= 0.3 is 6.18 Å². The Balaban J connectivity index is 1.91. The first kappa shape index (κ1) is 16.8. The summed E-state index contributed by atoms with van der Waals surface area (Å²) in [4.78, 5) is 11.9. The van der Waals surface area contributed by atoms with E-state index in [-0.39, 0.29) is 24.2 Å². The number of nitrogens with zero attached hydrogens (tertiary/aromatic N) is 3. The van der Waals surface area contributed by atoms with Gasteiger partial charge in [-0.15, -0.1) is 10.2 Å². The fourth-order valence-corrected chi connectivity index (χ4v) is 2.03. The number of rotatable bonds is 5. The first-order valence-corrected chi connectivity index (χ1v) is 6.82. The minimum absolute atomic E-state index is 0.149. The van der Waals surface area contributed by atoms with E-state index in [0.29, 0.717) is 5.82 Å². The zero-order valence-corrected chi connectivity index (χ0v) is 12.6. The number of aryl methyl sites for hydroxylation is 1. The van der Waals surface area contributed by atoms with Crippen LogP contribution in [0.25, 0.3) is 0 Å². The normalized spacial score (nSPS) is 12.7. The Morgan fingerprint density at radius 1 is 1.39 bits per heavy atom. The number of hydrogen-bond donors (Lipinski definition) is 2. The lowest BCUT2D eigenvalue weighted by molar-refractivity contribution is -0.137. The fourth-order valence-electron chi connectivity index (χ4n) is 2.03. The molecule has 0 aliphatic carbocycles. The van der Waals surface area contributed by atoms with Crippen LogP contribution in [0.5, 0.6) is 0 Å². The summed E-state index contributed by atoms with van der Waals surface area (Å²) in [7, 11) is 1.75. The maximum absolute atomic E-state index is 12.6. The van der Waals surface area contributed by atoms with Gasteiger partial charge in [-0.2, -0.15) is 13.2 Å². The van der Waals surface area contributed by atoms with Crippen molar-refractivity contribution in [2.45, 2.75) is 19.1 Å². The number of hydrogen-bond acceptors (Lipinski definition) is 4. The van der Waals surface area contributed by atoms with Crippen molar-refractivity contribution in [3.63, 3.8) is 0 Å². The Hall–Kier alpha value is -2.58. The second-order valence-corrected chi connectivity index (χ2v) is 5.02. The van der Waals surface area contributed by atoms with Gasteiger partial charge in [0.2, 0.25) is 5.91 Å². The summed E-state index contributed by atoms with van der Waals surface area (Å²) in [5, 5.41) is 13.0.